The van der Waals surface area contributed by atoms with Gasteiger partial charge in [0.25, 0.3) is 0 Å². The number of fused-ring (bicyclic) bond motifs is 1. The van der Waals surface area contributed by atoms with Gasteiger partial charge in [-0.15, -0.1) is 5.10 Å². The average Bonchev–Trinajstić information content (AvgIpc) is 3.09. The molecule has 0 radical (unpaired) electrons. The highest BCUT2D eigenvalue weighted by molar-refractivity contribution is 7.98. The Balaban J connectivity index is 1.68. The van der Waals surface area contributed by atoms with Crippen LogP contribution in [-0.4, -0.2) is 25.7 Å². The van der Waals surface area contributed by atoms with E-state index in [4.69, 9.17) is 17.3 Å². The molecule has 1 aliphatic rings. The number of primary amides is 1. The van der Waals surface area contributed by atoms with Crippen molar-refractivity contribution in [2.24, 2.45) is 11.7 Å². The summed E-state index contributed by atoms with van der Waals surface area (Å²) in [5, 5.41) is 8.93. The summed E-state index contributed by atoms with van der Waals surface area (Å²) in [7, 11) is 0. The highest BCUT2D eigenvalue weighted by Gasteiger charge is 2.39. The molecule has 0 fully saturated rings. The zero-order valence-electron chi connectivity index (χ0n) is 14.7. The normalized spacial score (nSPS) is 18.4. The average molecular weight is 413 g/mol. The Hall–Kier alpha value is -2.84. The van der Waals surface area contributed by atoms with Gasteiger partial charge in [-0.3, -0.25) is 9.78 Å². The molecule has 1 aromatic carbocycles. The molecule has 28 heavy (non-hydrogen) atoms. The highest BCUT2D eigenvalue weighted by atomic mass is 35.5. The summed E-state index contributed by atoms with van der Waals surface area (Å²) < 4.78 is 1.68. The van der Waals surface area contributed by atoms with Crippen LogP contribution in [0.3, 0.4) is 0 Å². The van der Waals surface area contributed by atoms with Crippen LogP contribution in [0.25, 0.3) is 0 Å². The van der Waals surface area contributed by atoms with Gasteiger partial charge in [0, 0.05) is 28.9 Å². The second-order valence-corrected chi connectivity index (χ2v) is 7.65. The van der Waals surface area contributed by atoms with E-state index >= 15 is 0 Å². The van der Waals surface area contributed by atoms with Crippen LogP contribution in [0.15, 0.2) is 66.2 Å². The first-order valence-corrected chi connectivity index (χ1v) is 9.89. The monoisotopic (exact) mass is 412 g/mol. The first-order valence-electron chi connectivity index (χ1n) is 8.52. The number of carbonyl (C=O) groups excluding carboxylic acids is 1. The first-order chi connectivity index (χ1) is 13.5. The molecule has 1 amide bonds. The molecule has 0 saturated carbocycles. The van der Waals surface area contributed by atoms with Crippen LogP contribution in [0.2, 0.25) is 5.02 Å². The van der Waals surface area contributed by atoms with Gasteiger partial charge in [0.05, 0.1) is 6.04 Å². The highest BCUT2D eigenvalue weighted by Crippen LogP contribution is 2.38. The Morgan fingerprint density at radius 1 is 1.32 bits per heavy atom. The molecule has 2 aromatic heterocycles. The van der Waals surface area contributed by atoms with Gasteiger partial charge in [0.15, 0.2) is 0 Å². The minimum Gasteiger partial charge on any atom is -0.369 e. The lowest BCUT2D eigenvalue weighted by Gasteiger charge is -2.32. The number of hydrogen-bond donors (Lipinski definition) is 2. The maximum Gasteiger partial charge on any atom is 0.229 e. The zero-order valence-corrected chi connectivity index (χ0v) is 16.3. The number of hydrogen-bond acceptors (Lipinski definition) is 6. The van der Waals surface area contributed by atoms with Crippen LogP contribution in [-0.2, 0) is 10.5 Å². The summed E-state index contributed by atoms with van der Waals surface area (Å²) in [5.74, 6) is -0.0171. The Morgan fingerprint density at radius 3 is 2.86 bits per heavy atom. The molecule has 0 aliphatic carbocycles. The molecule has 9 heteroatoms. The number of nitrogens with zero attached hydrogens (tertiary/aromatic N) is 4. The van der Waals surface area contributed by atoms with Gasteiger partial charge in [-0.25, -0.2) is 4.68 Å². The quantitative estimate of drug-likeness (QED) is 0.624. The predicted molar refractivity (Wildman–Crippen MR) is 109 cm³/mol. The van der Waals surface area contributed by atoms with E-state index in [-0.39, 0.29) is 0 Å². The number of anilines is 1. The van der Waals surface area contributed by atoms with Gasteiger partial charge >= 0.3 is 0 Å². The molecule has 0 unspecified atom stereocenters. The van der Waals surface area contributed by atoms with Gasteiger partial charge in [-0.1, -0.05) is 54.2 Å². The fraction of sp³-hybridized carbons (Fsp3) is 0.158. The van der Waals surface area contributed by atoms with Crippen molar-refractivity contribution in [3.05, 3.63) is 77.2 Å². The molecule has 3 N–H and O–H groups in total. The third kappa shape index (κ3) is 3.48. The number of aromatic nitrogens is 4. The molecule has 0 saturated heterocycles. The van der Waals surface area contributed by atoms with Crippen LogP contribution in [0.1, 0.15) is 17.2 Å². The third-order valence-corrected chi connectivity index (χ3v) is 5.74. The van der Waals surface area contributed by atoms with Crippen molar-refractivity contribution in [3.8, 4) is 0 Å². The number of amides is 1. The van der Waals surface area contributed by atoms with Gasteiger partial charge in [0.1, 0.15) is 5.92 Å². The lowest BCUT2D eigenvalue weighted by Crippen LogP contribution is -2.40. The smallest absolute Gasteiger partial charge is 0.229 e. The molecule has 3 aromatic rings. The first kappa shape index (κ1) is 18.5. The fourth-order valence-corrected chi connectivity index (χ4v) is 4.28. The summed E-state index contributed by atoms with van der Waals surface area (Å²) in [4.78, 5) is 20.8. The molecule has 0 spiro atoms. The number of pyridine rings is 1. The van der Waals surface area contributed by atoms with Gasteiger partial charge < -0.3 is 11.1 Å². The zero-order chi connectivity index (χ0) is 19.7. The van der Waals surface area contributed by atoms with Crippen molar-refractivity contribution in [2.75, 3.05) is 5.32 Å². The molecule has 142 valence electrons. The largest absolute Gasteiger partial charge is 0.369 e. The van der Waals surface area contributed by atoms with Crippen molar-refractivity contribution in [3.63, 3.8) is 0 Å². The number of nitrogens with one attached hydrogen (secondary N) is 1. The van der Waals surface area contributed by atoms with Gasteiger partial charge in [0.2, 0.25) is 17.0 Å². The van der Waals surface area contributed by atoms with Crippen LogP contribution < -0.4 is 11.1 Å². The minimum atomic E-state index is -0.667. The van der Waals surface area contributed by atoms with E-state index in [1.54, 1.807) is 17.1 Å². The second-order valence-electron chi connectivity index (χ2n) is 6.30. The summed E-state index contributed by atoms with van der Waals surface area (Å²) in [6.45, 7) is 3.97. The van der Waals surface area contributed by atoms with E-state index in [9.17, 15) is 4.79 Å². The van der Waals surface area contributed by atoms with Crippen LogP contribution in [0.5, 0.6) is 0 Å². The van der Waals surface area contributed by atoms with Crippen molar-refractivity contribution >= 4 is 35.2 Å². The van der Waals surface area contributed by atoms with Crippen molar-refractivity contribution in [1.82, 2.24) is 19.7 Å². The molecule has 7 nitrogen and oxygen atoms in total. The van der Waals surface area contributed by atoms with Gasteiger partial charge in [-0.05, 0) is 23.3 Å². The summed E-state index contributed by atoms with van der Waals surface area (Å²) in [6.07, 6.45) is 3.37. The van der Waals surface area contributed by atoms with E-state index in [1.165, 1.54) is 11.8 Å². The molecule has 0 bridgehead atoms. The number of halogens is 1. The molecule has 1 aliphatic heterocycles. The Morgan fingerprint density at radius 2 is 2.14 bits per heavy atom. The number of benzene rings is 1. The lowest BCUT2D eigenvalue weighted by atomic mass is 9.89. The third-order valence-electron chi connectivity index (χ3n) is 4.49. The fourth-order valence-electron chi connectivity index (χ4n) is 3.17. The number of thioether (sulfide) groups is 1. The van der Waals surface area contributed by atoms with Crippen molar-refractivity contribution in [2.45, 2.75) is 17.0 Å². The minimum absolute atomic E-state index is 0.461. The van der Waals surface area contributed by atoms with E-state index in [2.05, 4.69) is 27.0 Å². The van der Waals surface area contributed by atoms with Crippen LogP contribution in [0.4, 0.5) is 5.95 Å². The van der Waals surface area contributed by atoms with Crippen LogP contribution >= 0.6 is 23.4 Å². The lowest BCUT2D eigenvalue weighted by molar-refractivity contribution is -0.121. The maximum absolute atomic E-state index is 12.1. The van der Waals surface area contributed by atoms with Crippen molar-refractivity contribution in [1.29, 1.82) is 0 Å². The standard InChI is InChI=1S/C19H17ClN6OS/c1-11-15(17(21)27)16(12-6-4-8-22-9-12)26-18(23-11)24-19(25-26)28-10-13-5-2-3-7-14(13)20/h2-9,15-16H,1,10H2,(H2,21,27)(H,23,24,25)/t15-,16+/m1/s1. The van der Waals surface area contributed by atoms with E-state index < -0.39 is 17.9 Å². The summed E-state index contributed by atoms with van der Waals surface area (Å²) in [6, 6.07) is 10.9. The maximum atomic E-state index is 12.1. The topological polar surface area (TPSA) is 98.7 Å². The van der Waals surface area contributed by atoms with E-state index in [0.29, 0.717) is 27.6 Å². The molecule has 2 atom stereocenters. The van der Waals surface area contributed by atoms with Crippen LogP contribution in [0, 0.1) is 5.92 Å². The second kappa shape index (κ2) is 7.65. The Bertz CT molecular complexity index is 1040. The number of rotatable bonds is 5. The van der Waals surface area contributed by atoms with E-state index in [0.717, 1.165) is 11.1 Å². The van der Waals surface area contributed by atoms with E-state index in [1.807, 2.05) is 36.4 Å². The van der Waals surface area contributed by atoms with Crippen molar-refractivity contribution < 1.29 is 4.79 Å². The Labute approximate surface area is 171 Å². The SMILES string of the molecule is C=C1Nc2nc(SCc3ccccc3Cl)nn2[C@@H](c2cccnc2)[C@@H]1C(N)=O. The molecule has 4 rings (SSSR count). The van der Waals surface area contributed by atoms with Gasteiger partial charge in [-0.2, -0.15) is 4.98 Å². The summed E-state index contributed by atoms with van der Waals surface area (Å²) >= 11 is 7.69. The molecular formula is C19H17ClN6OS. The predicted octanol–water partition coefficient (Wildman–Crippen LogP) is 3.25. The summed E-state index contributed by atoms with van der Waals surface area (Å²) in [5.41, 5.74) is 7.96. The molecular weight excluding hydrogens is 396 g/mol. The molecule has 3 heterocycles. The number of carbonyl (C=O) groups is 1. The Kier molecular flexibility index (Phi) is 5.06. The number of nitrogens with two attached hydrogens (primary N) is 1.